The van der Waals surface area contributed by atoms with E-state index in [0.717, 1.165) is 35.9 Å². The summed E-state index contributed by atoms with van der Waals surface area (Å²) < 4.78 is 1.74. The molecule has 27 heavy (non-hydrogen) atoms. The minimum absolute atomic E-state index is 0.00800. The number of rotatable bonds is 2. The van der Waals surface area contributed by atoms with Crippen molar-refractivity contribution in [1.82, 2.24) is 14.7 Å². The molecule has 0 saturated carbocycles. The Morgan fingerprint density at radius 3 is 2.63 bits per heavy atom. The predicted molar refractivity (Wildman–Crippen MR) is 112 cm³/mol. The summed E-state index contributed by atoms with van der Waals surface area (Å²) in [5.74, 6) is 2.56. The molecule has 1 amide bonds. The van der Waals surface area contributed by atoms with Crippen LogP contribution in [0.5, 0.6) is 0 Å². The molecule has 4 rings (SSSR count). The number of benzene rings is 1. The Kier molecular flexibility index (Phi) is 5.34. The number of allylic oxidation sites excluding steroid dienone is 1. The monoisotopic (exact) mass is 442 g/mol. The molecule has 9 heteroatoms. The van der Waals surface area contributed by atoms with Gasteiger partial charge in [0.1, 0.15) is 16.9 Å². The van der Waals surface area contributed by atoms with Crippen molar-refractivity contribution in [3.05, 3.63) is 56.3 Å². The molecule has 2 aromatic rings. The first-order valence-electron chi connectivity index (χ1n) is 8.50. The molecule has 2 aliphatic heterocycles. The van der Waals surface area contributed by atoms with Crippen LogP contribution in [0.1, 0.15) is 18.5 Å². The zero-order chi connectivity index (χ0) is 19.1. The molecule has 0 spiro atoms. The highest BCUT2D eigenvalue weighted by Gasteiger charge is 2.36. The normalized spacial score (nSPS) is 19.7. The molecule has 1 aromatic carbocycles. The van der Waals surface area contributed by atoms with Crippen molar-refractivity contribution in [3.8, 4) is 0 Å². The Morgan fingerprint density at radius 1 is 1.19 bits per heavy atom. The maximum atomic E-state index is 13.4. The Balaban J connectivity index is 1.83. The van der Waals surface area contributed by atoms with Gasteiger partial charge in [0.15, 0.2) is 0 Å². The van der Waals surface area contributed by atoms with Gasteiger partial charge in [0.25, 0.3) is 5.91 Å². The predicted octanol–water partition coefficient (Wildman–Crippen LogP) is 4.71. The number of fused-ring (bicyclic) bond motifs is 1. The summed E-state index contributed by atoms with van der Waals surface area (Å²) in [6, 6.07) is 4.97. The van der Waals surface area contributed by atoms with Gasteiger partial charge in [-0.1, -0.05) is 40.9 Å². The highest BCUT2D eigenvalue weighted by Crippen LogP contribution is 2.40. The lowest BCUT2D eigenvalue weighted by atomic mass is 9.94. The number of anilines is 1. The second-order valence-electron chi connectivity index (χ2n) is 6.43. The van der Waals surface area contributed by atoms with Gasteiger partial charge in [0.2, 0.25) is 0 Å². The fourth-order valence-corrected chi connectivity index (χ4v) is 4.82. The second-order valence-corrected chi connectivity index (χ2v) is 8.88. The van der Waals surface area contributed by atoms with Crippen LogP contribution in [0.25, 0.3) is 0 Å². The van der Waals surface area contributed by atoms with Crippen molar-refractivity contribution in [2.75, 3.05) is 29.9 Å². The van der Waals surface area contributed by atoms with Crippen LogP contribution >= 0.6 is 46.6 Å². The van der Waals surface area contributed by atoms with E-state index in [1.807, 2.05) is 29.7 Å². The second kappa shape index (κ2) is 7.59. The lowest BCUT2D eigenvalue weighted by molar-refractivity contribution is -0.127. The average Bonchev–Trinajstić information content (AvgIpc) is 3.03. The molecule has 1 N–H and O–H groups in total. The summed E-state index contributed by atoms with van der Waals surface area (Å²) in [5, 5.41) is 9.06. The van der Waals surface area contributed by atoms with E-state index in [1.165, 1.54) is 0 Å². The quantitative estimate of drug-likeness (QED) is 0.730. The van der Waals surface area contributed by atoms with Crippen LogP contribution in [0.2, 0.25) is 15.1 Å². The van der Waals surface area contributed by atoms with Gasteiger partial charge in [0.05, 0.1) is 21.8 Å². The molecule has 1 atom stereocenters. The fourth-order valence-electron chi connectivity index (χ4n) is 3.43. The third-order valence-electron chi connectivity index (χ3n) is 4.77. The van der Waals surface area contributed by atoms with E-state index in [9.17, 15) is 4.79 Å². The Hall–Kier alpha value is -1.34. The summed E-state index contributed by atoms with van der Waals surface area (Å²) in [7, 11) is 0. The van der Waals surface area contributed by atoms with Crippen LogP contribution in [0.4, 0.5) is 5.82 Å². The van der Waals surface area contributed by atoms with E-state index in [1.54, 1.807) is 23.0 Å². The minimum Gasteiger partial charge on any atom is -0.342 e. The summed E-state index contributed by atoms with van der Waals surface area (Å²) in [5.41, 5.74) is 2.25. The third kappa shape index (κ3) is 3.44. The highest BCUT2D eigenvalue weighted by atomic mass is 35.5. The first-order valence-corrected chi connectivity index (χ1v) is 10.8. The molecule has 3 heterocycles. The van der Waals surface area contributed by atoms with E-state index in [-0.39, 0.29) is 5.91 Å². The summed E-state index contributed by atoms with van der Waals surface area (Å²) >= 11 is 20.5. The molecule has 5 nitrogen and oxygen atoms in total. The van der Waals surface area contributed by atoms with Gasteiger partial charge in [-0.3, -0.25) is 4.79 Å². The van der Waals surface area contributed by atoms with E-state index >= 15 is 0 Å². The smallest absolute Gasteiger partial charge is 0.254 e. The molecule has 1 saturated heterocycles. The molecule has 0 aliphatic carbocycles. The van der Waals surface area contributed by atoms with Gasteiger partial charge in [-0.2, -0.15) is 16.9 Å². The van der Waals surface area contributed by atoms with Gasteiger partial charge in [-0.25, -0.2) is 4.68 Å². The third-order valence-corrected chi connectivity index (χ3v) is 6.72. The molecule has 0 radical (unpaired) electrons. The van der Waals surface area contributed by atoms with Crippen LogP contribution in [-0.4, -0.2) is 45.2 Å². The first-order chi connectivity index (χ1) is 13.0. The van der Waals surface area contributed by atoms with Crippen LogP contribution in [0.3, 0.4) is 0 Å². The number of thioether (sulfide) groups is 1. The van der Waals surface area contributed by atoms with E-state index in [0.29, 0.717) is 26.5 Å². The highest BCUT2D eigenvalue weighted by molar-refractivity contribution is 7.99. The lowest BCUT2D eigenvalue weighted by Crippen LogP contribution is -2.42. The molecule has 1 unspecified atom stereocenters. The number of halogens is 3. The number of hydrogen-bond donors (Lipinski definition) is 1. The fraction of sp³-hybridized carbons (Fsp3) is 0.333. The van der Waals surface area contributed by atoms with E-state index in [2.05, 4.69) is 10.4 Å². The minimum atomic E-state index is -0.425. The number of amides is 1. The van der Waals surface area contributed by atoms with E-state index in [4.69, 9.17) is 34.8 Å². The van der Waals surface area contributed by atoms with Crippen LogP contribution in [0, 0.1) is 0 Å². The molecule has 0 bridgehead atoms. The molecule has 1 fully saturated rings. The van der Waals surface area contributed by atoms with Crippen molar-refractivity contribution in [3.63, 3.8) is 0 Å². The van der Waals surface area contributed by atoms with Crippen molar-refractivity contribution in [1.29, 1.82) is 0 Å². The van der Waals surface area contributed by atoms with Gasteiger partial charge in [0, 0.05) is 30.3 Å². The molecular formula is C18H17Cl3N4OS. The Bertz CT molecular complexity index is 937. The van der Waals surface area contributed by atoms with Crippen molar-refractivity contribution >= 4 is 58.3 Å². The zero-order valence-corrected chi connectivity index (χ0v) is 17.6. The Labute approximate surface area is 176 Å². The SMILES string of the molecule is CC1=C(C(=O)N2CCSCC2)C(c2ccc(Cl)c(Cl)c2)n2ncc(Cl)c2N1. The van der Waals surface area contributed by atoms with Gasteiger partial charge < -0.3 is 10.2 Å². The van der Waals surface area contributed by atoms with Crippen LogP contribution < -0.4 is 5.32 Å². The number of hydrogen-bond acceptors (Lipinski definition) is 4. The number of carbonyl (C=O) groups excluding carboxylic acids is 1. The standard InChI is InChI=1S/C18H17Cl3N4OS/c1-10-15(18(26)24-4-6-27-7-5-24)16(11-2-3-12(19)13(20)8-11)25-17(23-10)14(21)9-22-25/h2-3,8-9,16,23H,4-7H2,1H3. The lowest BCUT2D eigenvalue weighted by Gasteiger charge is -2.34. The molecule has 142 valence electrons. The maximum absolute atomic E-state index is 13.4. The number of aromatic nitrogens is 2. The summed E-state index contributed by atoms with van der Waals surface area (Å²) in [4.78, 5) is 15.3. The van der Waals surface area contributed by atoms with Crippen LogP contribution in [-0.2, 0) is 4.79 Å². The van der Waals surface area contributed by atoms with Gasteiger partial charge >= 0.3 is 0 Å². The number of carbonyl (C=O) groups is 1. The summed E-state index contributed by atoms with van der Waals surface area (Å²) in [6.07, 6.45) is 1.58. The molecule has 1 aromatic heterocycles. The van der Waals surface area contributed by atoms with E-state index < -0.39 is 6.04 Å². The average molecular weight is 444 g/mol. The maximum Gasteiger partial charge on any atom is 0.254 e. The topological polar surface area (TPSA) is 50.2 Å². The summed E-state index contributed by atoms with van der Waals surface area (Å²) in [6.45, 7) is 3.37. The Morgan fingerprint density at radius 2 is 1.93 bits per heavy atom. The van der Waals surface area contributed by atoms with Crippen LogP contribution in [0.15, 0.2) is 35.7 Å². The zero-order valence-electron chi connectivity index (χ0n) is 14.5. The van der Waals surface area contributed by atoms with Gasteiger partial charge in [-0.05, 0) is 24.6 Å². The number of nitrogens with one attached hydrogen (secondary N) is 1. The van der Waals surface area contributed by atoms with Crippen molar-refractivity contribution in [2.45, 2.75) is 13.0 Å². The molecule has 2 aliphatic rings. The largest absolute Gasteiger partial charge is 0.342 e. The molecular weight excluding hydrogens is 427 g/mol. The first kappa shape index (κ1) is 19.0. The van der Waals surface area contributed by atoms with Crippen molar-refractivity contribution < 1.29 is 4.79 Å². The number of nitrogens with zero attached hydrogens (tertiary/aromatic N) is 3. The van der Waals surface area contributed by atoms with Gasteiger partial charge in [-0.15, -0.1) is 0 Å². The van der Waals surface area contributed by atoms with Crippen molar-refractivity contribution in [2.24, 2.45) is 0 Å².